The van der Waals surface area contributed by atoms with Gasteiger partial charge < -0.3 is 10.8 Å². The molecule has 0 aromatic rings. The monoisotopic (exact) mass is 156 g/mol. The molecular weight excluding hydrogens is 144 g/mol. The highest BCUT2D eigenvalue weighted by molar-refractivity contribution is 5.67. The smallest absolute Gasteiger partial charge is 0.409 e. The van der Waals surface area contributed by atoms with E-state index in [0.29, 0.717) is 0 Å². The first-order valence-electron chi connectivity index (χ1n) is 3.62. The molecule has 0 aliphatic carbocycles. The molecule has 2 unspecified atom stereocenters. The summed E-state index contributed by atoms with van der Waals surface area (Å²) in [5.74, 6) is 0. The van der Waals surface area contributed by atoms with Crippen molar-refractivity contribution in [2.75, 3.05) is 0 Å². The van der Waals surface area contributed by atoms with Crippen molar-refractivity contribution in [2.45, 2.75) is 25.6 Å². The van der Waals surface area contributed by atoms with E-state index in [1.54, 1.807) is 6.08 Å². The molecule has 11 heavy (non-hydrogen) atoms. The van der Waals surface area contributed by atoms with E-state index in [2.05, 4.69) is 0 Å². The summed E-state index contributed by atoms with van der Waals surface area (Å²) in [4.78, 5) is 11.8. The number of hydrogen-bond donors (Lipinski definition) is 2. The standard InChI is InChI=1S/C7H12N2O2/c1-2-5-3-4-6(8)9(5)7(10)11/h3-6H,2,8H2,1H3,(H,10,11). The number of carbonyl (C=O) groups is 1. The highest BCUT2D eigenvalue weighted by Gasteiger charge is 2.28. The molecular formula is C7H12N2O2. The molecule has 3 N–H and O–H groups in total. The molecule has 2 atom stereocenters. The van der Waals surface area contributed by atoms with Crippen molar-refractivity contribution in [3.63, 3.8) is 0 Å². The van der Waals surface area contributed by atoms with Crippen molar-refractivity contribution in [1.29, 1.82) is 0 Å². The van der Waals surface area contributed by atoms with Crippen molar-refractivity contribution in [1.82, 2.24) is 4.90 Å². The fraction of sp³-hybridized carbons (Fsp3) is 0.571. The number of nitrogens with two attached hydrogens (primary N) is 1. The van der Waals surface area contributed by atoms with Crippen molar-refractivity contribution < 1.29 is 9.90 Å². The van der Waals surface area contributed by atoms with E-state index in [0.717, 1.165) is 6.42 Å². The van der Waals surface area contributed by atoms with Gasteiger partial charge in [0.25, 0.3) is 0 Å². The minimum absolute atomic E-state index is 0.0394. The zero-order valence-electron chi connectivity index (χ0n) is 6.40. The Balaban J connectivity index is 2.69. The second-order valence-corrected chi connectivity index (χ2v) is 2.54. The van der Waals surface area contributed by atoms with Gasteiger partial charge in [-0.2, -0.15) is 0 Å². The number of amides is 1. The molecule has 0 spiro atoms. The Kier molecular flexibility index (Phi) is 2.14. The molecule has 1 amide bonds. The van der Waals surface area contributed by atoms with Crippen LogP contribution in [0.1, 0.15) is 13.3 Å². The third kappa shape index (κ3) is 1.35. The quantitative estimate of drug-likeness (QED) is 0.546. The van der Waals surface area contributed by atoms with E-state index in [9.17, 15) is 4.79 Å². The van der Waals surface area contributed by atoms with Crippen LogP contribution in [0.5, 0.6) is 0 Å². The molecule has 0 aromatic heterocycles. The van der Waals surface area contributed by atoms with E-state index in [1.807, 2.05) is 13.0 Å². The van der Waals surface area contributed by atoms with Crippen LogP contribution in [-0.4, -0.2) is 28.3 Å². The second-order valence-electron chi connectivity index (χ2n) is 2.54. The zero-order chi connectivity index (χ0) is 8.43. The van der Waals surface area contributed by atoms with Crippen LogP contribution in [0.4, 0.5) is 4.79 Å². The van der Waals surface area contributed by atoms with Crippen molar-refractivity contribution in [2.24, 2.45) is 5.73 Å². The topological polar surface area (TPSA) is 66.6 Å². The summed E-state index contributed by atoms with van der Waals surface area (Å²) in [5, 5.41) is 8.69. The van der Waals surface area contributed by atoms with Gasteiger partial charge in [-0.25, -0.2) is 4.79 Å². The summed E-state index contributed by atoms with van der Waals surface area (Å²) in [6.07, 6.45) is 2.91. The predicted molar refractivity (Wildman–Crippen MR) is 41.1 cm³/mol. The van der Waals surface area contributed by atoms with Crippen LogP contribution in [0.15, 0.2) is 12.2 Å². The average molecular weight is 156 g/mol. The Labute approximate surface area is 65.3 Å². The van der Waals surface area contributed by atoms with Gasteiger partial charge in [0.2, 0.25) is 0 Å². The Bertz CT molecular complexity index is 191. The number of hydrogen-bond acceptors (Lipinski definition) is 2. The normalized spacial score (nSPS) is 29.5. The van der Waals surface area contributed by atoms with Crippen LogP contribution in [0.25, 0.3) is 0 Å². The van der Waals surface area contributed by atoms with Gasteiger partial charge in [0.05, 0.1) is 6.04 Å². The molecule has 0 saturated carbocycles. The van der Waals surface area contributed by atoms with E-state index < -0.39 is 12.3 Å². The second kappa shape index (κ2) is 2.92. The Hall–Kier alpha value is -1.03. The summed E-state index contributed by atoms with van der Waals surface area (Å²) in [7, 11) is 0. The lowest BCUT2D eigenvalue weighted by atomic mass is 10.2. The summed E-state index contributed by atoms with van der Waals surface area (Å²) in [5.41, 5.74) is 5.50. The largest absolute Gasteiger partial charge is 0.465 e. The Morgan fingerprint density at radius 2 is 2.36 bits per heavy atom. The molecule has 0 saturated heterocycles. The minimum atomic E-state index is -0.950. The van der Waals surface area contributed by atoms with Crippen LogP contribution in [-0.2, 0) is 0 Å². The molecule has 1 aliphatic rings. The Morgan fingerprint density at radius 3 is 2.73 bits per heavy atom. The molecule has 4 heteroatoms. The van der Waals surface area contributed by atoms with Crippen molar-refractivity contribution >= 4 is 6.09 Å². The van der Waals surface area contributed by atoms with E-state index >= 15 is 0 Å². The van der Waals surface area contributed by atoms with Gasteiger partial charge >= 0.3 is 6.09 Å². The van der Waals surface area contributed by atoms with Gasteiger partial charge in [-0.3, -0.25) is 4.90 Å². The summed E-state index contributed by atoms with van der Waals surface area (Å²) >= 11 is 0. The maximum atomic E-state index is 10.6. The third-order valence-corrected chi connectivity index (χ3v) is 1.85. The van der Waals surface area contributed by atoms with Crippen molar-refractivity contribution in [3.8, 4) is 0 Å². The molecule has 0 bridgehead atoms. The van der Waals surface area contributed by atoms with Crippen LogP contribution in [0.2, 0.25) is 0 Å². The highest BCUT2D eigenvalue weighted by Crippen LogP contribution is 2.15. The zero-order valence-corrected chi connectivity index (χ0v) is 6.40. The predicted octanol–water partition coefficient (Wildman–Crippen LogP) is 0.600. The first kappa shape index (κ1) is 8.07. The van der Waals surface area contributed by atoms with Gasteiger partial charge in [-0.1, -0.05) is 13.0 Å². The molecule has 1 rings (SSSR count). The van der Waals surface area contributed by atoms with Gasteiger partial charge in [-0.05, 0) is 12.5 Å². The summed E-state index contributed by atoms with van der Waals surface area (Å²) in [6.45, 7) is 1.93. The van der Waals surface area contributed by atoms with E-state index in [-0.39, 0.29) is 6.04 Å². The van der Waals surface area contributed by atoms with Crippen LogP contribution in [0.3, 0.4) is 0 Å². The molecule has 62 valence electrons. The van der Waals surface area contributed by atoms with Crippen LogP contribution in [0, 0.1) is 0 Å². The highest BCUT2D eigenvalue weighted by atomic mass is 16.4. The fourth-order valence-electron chi connectivity index (χ4n) is 1.25. The molecule has 0 aromatic carbocycles. The average Bonchev–Trinajstić information content (AvgIpc) is 2.30. The molecule has 0 radical (unpaired) electrons. The van der Waals surface area contributed by atoms with Gasteiger partial charge in [0, 0.05) is 0 Å². The number of nitrogens with zero attached hydrogens (tertiary/aromatic N) is 1. The lowest BCUT2D eigenvalue weighted by molar-refractivity contribution is 0.127. The maximum absolute atomic E-state index is 10.6. The third-order valence-electron chi connectivity index (χ3n) is 1.85. The van der Waals surface area contributed by atoms with E-state index in [1.165, 1.54) is 4.90 Å². The van der Waals surface area contributed by atoms with Gasteiger partial charge in [0.1, 0.15) is 6.17 Å². The fourth-order valence-corrected chi connectivity index (χ4v) is 1.25. The first-order chi connectivity index (χ1) is 5.16. The van der Waals surface area contributed by atoms with Crippen LogP contribution < -0.4 is 5.73 Å². The molecule has 1 heterocycles. The van der Waals surface area contributed by atoms with E-state index in [4.69, 9.17) is 10.8 Å². The Morgan fingerprint density at radius 1 is 1.73 bits per heavy atom. The number of rotatable bonds is 1. The maximum Gasteiger partial charge on any atom is 0.409 e. The SMILES string of the molecule is CCC1C=CC(N)N1C(=O)O. The number of carboxylic acid groups (broad SMARTS) is 1. The van der Waals surface area contributed by atoms with Crippen molar-refractivity contribution in [3.05, 3.63) is 12.2 Å². The lowest BCUT2D eigenvalue weighted by Gasteiger charge is -2.24. The van der Waals surface area contributed by atoms with Gasteiger partial charge in [-0.15, -0.1) is 0 Å². The van der Waals surface area contributed by atoms with Crippen LogP contribution >= 0.6 is 0 Å². The summed E-state index contributed by atoms with van der Waals surface area (Å²) < 4.78 is 0. The molecule has 4 nitrogen and oxygen atoms in total. The lowest BCUT2D eigenvalue weighted by Crippen LogP contribution is -2.45. The first-order valence-corrected chi connectivity index (χ1v) is 3.62. The summed E-state index contributed by atoms with van der Waals surface area (Å²) in [6, 6.07) is -0.0394. The van der Waals surface area contributed by atoms with Gasteiger partial charge in [0.15, 0.2) is 0 Å². The molecule has 1 aliphatic heterocycles. The minimum Gasteiger partial charge on any atom is -0.465 e. The molecule has 0 fully saturated rings.